The van der Waals surface area contributed by atoms with Crippen molar-refractivity contribution in [1.29, 1.82) is 5.26 Å². The van der Waals surface area contributed by atoms with Crippen LogP contribution in [-0.4, -0.2) is 66.9 Å². The van der Waals surface area contributed by atoms with Gasteiger partial charge in [-0.25, -0.2) is 4.85 Å². The average Bonchev–Trinajstić information content (AvgIpc) is 1.68. The quantitative estimate of drug-likeness (QED) is 0.0992. The summed E-state index contributed by atoms with van der Waals surface area (Å²) in [5, 5.41) is 9.32. The van der Waals surface area contributed by atoms with Crippen molar-refractivity contribution in [3.05, 3.63) is 93.1 Å². The highest BCUT2D eigenvalue weighted by Gasteiger charge is 2.70. The van der Waals surface area contributed by atoms with Crippen molar-refractivity contribution in [3.63, 3.8) is 0 Å². The van der Waals surface area contributed by atoms with E-state index in [-0.39, 0.29) is 135 Å². The van der Waals surface area contributed by atoms with Gasteiger partial charge >= 0.3 is 0 Å². The van der Waals surface area contributed by atoms with E-state index in [1.54, 1.807) is 35.8 Å². The summed E-state index contributed by atoms with van der Waals surface area (Å²) >= 11 is 0. The molecule has 0 radical (unpaired) electrons. The molecule has 2 saturated heterocycles. The van der Waals surface area contributed by atoms with E-state index < -0.39 is 16.2 Å². The minimum atomic E-state index is -0.696. The molecule has 11 nitrogen and oxygen atoms in total. The van der Waals surface area contributed by atoms with Crippen molar-refractivity contribution in [3.8, 4) is 65.8 Å². The molecule has 17 rings (SSSR count). The Bertz CT molecular complexity index is 4710. The predicted molar refractivity (Wildman–Crippen MR) is 474 cm³/mol. The van der Waals surface area contributed by atoms with E-state index in [0.29, 0.717) is 54.5 Å². The molecule has 628 valence electrons. The summed E-state index contributed by atoms with van der Waals surface area (Å²) in [6.45, 7) is 51.6. The lowest BCUT2D eigenvalue weighted by molar-refractivity contribution is -0.284. The van der Waals surface area contributed by atoms with Crippen LogP contribution in [0.3, 0.4) is 0 Å². The van der Waals surface area contributed by atoms with Gasteiger partial charge in [-0.3, -0.25) is 19.2 Å². The van der Waals surface area contributed by atoms with Crippen molar-refractivity contribution >= 4 is 52.9 Å². The molecule has 0 aromatic carbocycles. The van der Waals surface area contributed by atoms with Gasteiger partial charge in [0.05, 0.1) is 65.6 Å². The summed E-state index contributed by atoms with van der Waals surface area (Å²) in [5.41, 5.74) is 5.43. The number of fused-ring (bicyclic) bond motifs is 15. The first-order chi connectivity index (χ1) is 54.6. The summed E-state index contributed by atoms with van der Waals surface area (Å²) in [5.74, 6) is 31.6. The standard InChI is InChI=1S/C22H20N2O2.C22H32O2.C21H30O2.C20H26O2.C20H28O.HI/c1-6-8-22-9-7-17-20(2,3)19(26)15(24-5)12-21(17,4)18(22)10-16(25)14(11-22)13-23;1-5-10-21-11-7-6-8-18(21)20(4)13-14-22(23-15-16-24-22)19(2,3)17(20)9-12-21;1-5-20-10-7-6-8-17(20)19(4)12-13-21(22-14-15-23-21)18(2,3)16(19)9-11-20;1-5-9-20-11-6-14(21)13-16(20)19(4)10-8-17(22)18(2,3)15(19)7-12-20;1-5-11-20-12-7-6-8-16(20)19(4)13-10-17(21)18(2,3)15(19)9-14-20;/h10-12,17H,7,9H2,1-4H3;8,17H,6-7,9,11-16H2,1-4H3;1,8,16H,6-7,9-15H2,2-4H3;13,15H,6-8,10-12H2,1-4H3;8,15H,6-7,9-10,12-14H2,1-4H3;1H/t17-,21-,22-;17-,20-,21+;16-,19-,20+;2*15-,19-,20+;/m00000./s1. The number of rotatable bonds is 0. The van der Waals surface area contributed by atoms with E-state index >= 15 is 0 Å². The molecule has 2 heterocycles. The van der Waals surface area contributed by atoms with Crippen LogP contribution < -0.4 is 0 Å². The van der Waals surface area contributed by atoms with Gasteiger partial charge in [-0.1, -0.05) is 158 Å². The fourth-order valence-electron chi connectivity index (χ4n) is 29.7. The van der Waals surface area contributed by atoms with Gasteiger partial charge in [0.15, 0.2) is 28.9 Å². The third kappa shape index (κ3) is 13.9. The molecular formula is C105H137IN2O9. The first kappa shape index (κ1) is 90.1. The van der Waals surface area contributed by atoms with Crippen molar-refractivity contribution in [2.24, 2.45) is 111 Å². The van der Waals surface area contributed by atoms with Crippen LogP contribution in [0.5, 0.6) is 0 Å². The highest BCUT2D eigenvalue weighted by atomic mass is 127. The molecule has 0 aromatic rings. The summed E-state index contributed by atoms with van der Waals surface area (Å²) in [7, 11) is 0. The van der Waals surface area contributed by atoms with E-state index in [1.807, 2.05) is 53.7 Å². The first-order valence-electron chi connectivity index (χ1n) is 44.9. The van der Waals surface area contributed by atoms with Crippen LogP contribution in [-0.2, 0) is 42.9 Å². The lowest BCUT2D eigenvalue weighted by atomic mass is 9.43. The number of nitriles is 1. The second kappa shape index (κ2) is 32.0. The Morgan fingerprint density at radius 3 is 1.25 bits per heavy atom. The molecule has 17 aliphatic rings. The second-order valence-corrected chi connectivity index (χ2v) is 42.3. The molecule has 2 aliphatic heterocycles. The number of carbonyl (C=O) groups excluding carboxylic acids is 5. The number of Topliss-reactive ketones (excluding diaryl/α,β-unsaturated/α-hetero) is 3. The topological polar surface area (TPSA) is 150 Å². The normalized spacial score (nSPS) is 40.0. The van der Waals surface area contributed by atoms with Gasteiger partial charge in [0, 0.05) is 64.6 Å². The van der Waals surface area contributed by atoms with Crippen LogP contribution in [0.15, 0.2) is 81.7 Å². The number of ketones is 5. The number of ether oxygens (including phenoxy) is 4. The van der Waals surface area contributed by atoms with E-state index in [2.05, 4.69) is 159 Å². The fourth-order valence-corrected chi connectivity index (χ4v) is 29.7. The summed E-state index contributed by atoms with van der Waals surface area (Å²) < 4.78 is 24.9. The number of carbonyl (C=O) groups is 5. The van der Waals surface area contributed by atoms with Gasteiger partial charge in [-0.15, -0.1) is 54.1 Å². The molecule has 15 aliphatic carbocycles. The zero-order valence-corrected chi connectivity index (χ0v) is 77.1. The van der Waals surface area contributed by atoms with Crippen LogP contribution in [0.25, 0.3) is 4.85 Å². The van der Waals surface area contributed by atoms with Gasteiger partial charge in [-0.05, 0) is 279 Å². The Hall–Kier alpha value is -6.12. The smallest absolute Gasteiger partial charge is 0.226 e. The highest BCUT2D eigenvalue weighted by molar-refractivity contribution is 14.0. The molecule has 12 heteroatoms. The molecule has 0 amide bonds. The number of nitrogens with zero attached hydrogens (tertiary/aromatic N) is 2. The number of terminal acetylenes is 1. The maximum atomic E-state index is 12.8. The predicted octanol–water partition coefficient (Wildman–Crippen LogP) is 23.2. The summed E-state index contributed by atoms with van der Waals surface area (Å²) in [6, 6.07) is 1.98. The third-order valence-electron chi connectivity index (χ3n) is 35.3. The van der Waals surface area contributed by atoms with Gasteiger partial charge in [-0.2, -0.15) is 5.26 Å². The molecule has 0 N–H and O–H groups in total. The summed E-state index contributed by atoms with van der Waals surface area (Å²) in [6.07, 6.45) is 51.0. The van der Waals surface area contributed by atoms with E-state index in [0.717, 1.165) is 115 Å². The molecule has 0 aromatic heterocycles. The van der Waals surface area contributed by atoms with Crippen LogP contribution >= 0.6 is 24.0 Å². The molecule has 0 unspecified atom stereocenters. The maximum Gasteiger partial charge on any atom is 0.226 e. The third-order valence-corrected chi connectivity index (χ3v) is 35.3. The number of hydrogen-bond acceptors (Lipinski definition) is 10. The molecule has 11 fully saturated rings. The molecule has 9 saturated carbocycles. The van der Waals surface area contributed by atoms with Crippen molar-refractivity contribution in [2.75, 3.05) is 26.4 Å². The van der Waals surface area contributed by atoms with Crippen molar-refractivity contribution in [1.82, 2.24) is 0 Å². The van der Waals surface area contributed by atoms with E-state index in [9.17, 15) is 29.2 Å². The Morgan fingerprint density at radius 2 is 0.821 bits per heavy atom. The average molecular weight is 1700 g/mol. The molecular weight excluding hydrogens is 1560 g/mol. The number of halogens is 1. The fraction of sp³-hybridized carbons (Fsp3) is 0.705. The molecule has 0 bridgehead atoms. The van der Waals surface area contributed by atoms with Crippen LogP contribution in [0.2, 0.25) is 0 Å². The van der Waals surface area contributed by atoms with Gasteiger partial charge in [0.2, 0.25) is 5.70 Å². The Morgan fingerprint density at radius 1 is 0.427 bits per heavy atom. The Kier molecular flexibility index (Phi) is 24.6. The van der Waals surface area contributed by atoms with E-state index in [1.165, 1.54) is 95.1 Å². The SMILES string of the molecule is C#C[C@]12CCCC=C1[C@@]1(C)CCC3(OCCO3)C(C)(C)[C@@H]1CC2.CC#C[C@]12CCC(=O)C=C1[C@@]1(C)CCC(=O)C(C)(C)[C@@H]1CC2.CC#C[C@]12CCCC=C1[C@@]1(C)CCC(=O)C(C)(C)[C@@H]1CC2.CC#C[C@]12CCCC=C1[C@@]1(C)CCC3(OCCO3)C(C)(C)[C@@H]1CC2.I.[C-]#[N+]C1=C[C@]2(C)C3=CC(=O)C(C#N)=C[C@]3(C#CC)CC[C@H]2C(C)(C)C1=O. The monoisotopic (exact) mass is 1700 g/mol. The lowest BCUT2D eigenvalue weighted by Crippen LogP contribution is -2.61. The second-order valence-electron chi connectivity index (χ2n) is 42.3. The van der Waals surface area contributed by atoms with Gasteiger partial charge < -0.3 is 23.7 Å². The minimum Gasteiger partial charge on any atom is -0.347 e. The van der Waals surface area contributed by atoms with Crippen LogP contribution in [0.4, 0.5) is 0 Å². The van der Waals surface area contributed by atoms with E-state index in [4.69, 9.17) is 31.9 Å². The Balaban J connectivity index is 0.000000135. The largest absolute Gasteiger partial charge is 0.347 e. The zero-order valence-electron chi connectivity index (χ0n) is 74.8. The molecule has 117 heavy (non-hydrogen) atoms. The van der Waals surface area contributed by atoms with Crippen molar-refractivity contribution in [2.45, 2.75) is 329 Å². The molecule has 15 atom stereocenters. The molecule has 2 spiro atoms. The maximum absolute atomic E-state index is 12.8. The minimum absolute atomic E-state index is 0. The zero-order chi connectivity index (χ0) is 84.2. The van der Waals surface area contributed by atoms with Gasteiger partial charge in [0.1, 0.15) is 17.6 Å². The van der Waals surface area contributed by atoms with Crippen LogP contribution in [0.1, 0.15) is 318 Å². The summed E-state index contributed by atoms with van der Waals surface area (Å²) in [4.78, 5) is 65.6. The lowest BCUT2D eigenvalue weighted by Gasteiger charge is -2.64. The Labute approximate surface area is 721 Å². The number of allylic oxidation sites excluding steroid dienone is 14. The highest BCUT2D eigenvalue weighted by Crippen LogP contribution is 2.73. The first-order valence-corrected chi connectivity index (χ1v) is 44.9. The van der Waals surface area contributed by atoms with Crippen molar-refractivity contribution < 1.29 is 42.9 Å². The van der Waals surface area contributed by atoms with Gasteiger partial charge in [0.25, 0.3) is 0 Å². The number of hydrogen-bond donors (Lipinski definition) is 0. The van der Waals surface area contributed by atoms with Crippen LogP contribution in [0, 0.1) is 188 Å².